The molecule has 1 aliphatic rings. The van der Waals surface area contributed by atoms with E-state index in [9.17, 15) is 34.8 Å². The Morgan fingerprint density at radius 2 is 1.86 bits per heavy atom. The number of aromatic nitrogens is 4. The van der Waals surface area contributed by atoms with Crippen LogP contribution in [0.3, 0.4) is 0 Å². The molecule has 36 heavy (non-hydrogen) atoms. The van der Waals surface area contributed by atoms with Gasteiger partial charge in [-0.15, -0.1) is 0 Å². The Balaban J connectivity index is 1.65. The van der Waals surface area contributed by atoms with E-state index in [0.717, 1.165) is 0 Å². The predicted octanol–water partition coefficient (Wildman–Crippen LogP) is -0.756. The van der Waals surface area contributed by atoms with Gasteiger partial charge in [-0.2, -0.15) is 0 Å². The first-order chi connectivity index (χ1) is 17.1. The number of nitrogens with zero attached hydrogens (tertiary/aromatic N) is 4. The highest BCUT2D eigenvalue weighted by molar-refractivity contribution is 7.46. The van der Waals surface area contributed by atoms with E-state index in [-0.39, 0.29) is 52.1 Å². The standard InChI is InChI=1S/C19H24N5O11P/c1-32-15-9(35-36(29,30)31)3-8(12(26)16(15)33-2)4-20-17-11-18(22-6-21-17)24(7-23-11)19-14(28)13(27)10(5-25)34-19/h3,6-7,10,13-14,19,25-28H,4-5H2,1-2H3,(H,20,21,22)(H2,29,30,31)/t10-,13-,14-,19-/m1/s1. The molecule has 0 spiro atoms. The smallest absolute Gasteiger partial charge is 0.504 e. The van der Waals surface area contributed by atoms with Crippen molar-refractivity contribution >= 4 is 24.8 Å². The number of phosphoric acid groups is 1. The second-order valence-corrected chi connectivity index (χ2v) is 8.82. The van der Waals surface area contributed by atoms with Crippen molar-refractivity contribution in [2.24, 2.45) is 0 Å². The fourth-order valence-electron chi connectivity index (χ4n) is 3.83. The number of fused-ring (bicyclic) bond motifs is 1. The van der Waals surface area contributed by atoms with Crippen LogP contribution in [0.4, 0.5) is 5.82 Å². The van der Waals surface area contributed by atoms with Gasteiger partial charge in [0.25, 0.3) is 0 Å². The summed E-state index contributed by atoms with van der Waals surface area (Å²) in [6, 6.07) is 1.17. The summed E-state index contributed by atoms with van der Waals surface area (Å²) >= 11 is 0. The molecule has 3 heterocycles. The number of benzene rings is 1. The van der Waals surface area contributed by atoms with E-state index in [1.54, 1.807) is 0 Å². The average molecular weight is 529 g/mol. The second-order valence-electron chi connectivity index (χ2n) is 7.66. The van der Waals surface area contributed by atoms with E-state index in [4.69, 9.17) is 14.2 Å². The molecule has 4 atom stereocenters. The van der Waals surface area contributed by atoms with Crippen LogP contribution < -0.4 is 19.3 Å². The Labute approximate surface area is 202 Å². The molecule has 0 aliphatic carbocycles. The molecular weight excluding hydrogens is 505 g/mol. The number of aliphatic hydroxyl groups is 3. The molecule has 16 nitrogen and oxygen atoms in total. The van der Waals surface area contributed by atoms with Gasteiger partial charge in [0, 0.05) is 12.1 Å². The molecule has 0 amide bonds. The fraction of sp³-hybridized carbons (Fsp3) is 0.421. The average Bonchev–Trinajstić information content (AvgIpc) is 3.38. The molecule has 1 aliphatic heterocycles. The molecule has 7 N–H and O–H groups in total. The minimum Gasteiger partial charge on any atom is -0.504 e. The fourth-order valence-corrected chi connectivity index (χ4v) is 4.22. The summed E-state index contributed by atoms with van der Waals surface area (Å²) < 4.78 is 33.2. The molecule has 17 heteroatoms. The summed E-state index contributed by atoms with van der Waals surface area (Å²) in [7, 11) is -2.52. The van der Waals surface area contributed by atoms with Crippen molar-refractivity contribution < 1.29 is 53.5 Å². The number of aromatic hydroxyl groups is 1. The first-order valence-corrected chi connectivity index (χ1v) is 11.9. The number of phenolic OH excluding ortho intramolecular Hbond substituents is 1. The van der Waals surface area contributed by atoms with E-state index in [0.29, 0.717) is 0 Å². The Morgan fingerprint density at radius 1 is 1.14 bits per heavy atom. The summed E-state index contributed by atoms with van der Waals surface area (Å²) in [6.07, 6.45) is -2.17. The number of aliphatic hydroxyl groups excluding tert-OH is 3. The van der Waals surface area contributed by atoms with Crippen molar-refractivity contribution in [2.75, 3.05) is 26.1 Å². The summed E-state index contributed by atoms with van der Waals surface area (Å²) in [4.78, 5) is 31.0. The maximum Gasteiger partial charge on any atom is 0.524 e. The predicted molar refractivity (Wildman–Crippen MR) is 120 cm³/mol. The quantitative estimate of drug-likeness (QED) is 0.169. The van der Waals surface area contributed by atoms with Crippen LogP contribution in [0, 0.1) is 0 Å². The van der Waals surface area contributed by atoms with Gasteiger partial charge >= 0.3 is 7.82 Å². The minimum atomic E-state index is -4.96. The van der Waals surface area contributed by atoms with Gasteiger partial charge in [-0.05, 0) is 6.07 Å². The molecule has 0 saturated carbocycles. The molecular formula is C19H24N5O11P. The Bertz CT molecular complexity index is 1300. The third-order valence-electron chi connectivity index (χ3n) is 5.48. The van der Waals surface area contributed by atoms with Crippen molar-refractivity contribution in [1.82, 2.24) is 19.5 Å². The maximum atomic E-state index is 11.4. The molecule has 1 aromatic carbocycles. The van der Waals surface area contributed by atoms with Crippen molar-refractivity contribution in [3.8, 4) is 23.0 Å². The molecule has 0 unspecified atom stereocenters. The van der Waals surface area contributed by atoms with Crippen LogP contribution in [0.25, 0.3) is 11.2 Å². The summed E-state index contributed by atoms with van der Waals surface area (Å²) in [6.45, 7) is -0.623. The van der Waals surface area contributed by atoms with Crippen molar-refractivity contribution in [2.45, 2.75) is 31.1 Å². The zero-order valence-corrected chi connectivity index (χ0v) is 19.8. The molecule has 0 bridgehead atoms. The van der Waals surface area contributed by atoms with Crippen molar-refractivity contribution in [3.63, 3.8) is 0 Å². The van der Waals surface area contributed by atoms with Crippen LogP contribution >= 0.6 is 7.82 Å². The summed E-state index contributed by atoms with van der Waals surface area (Å²) in [5.74, 6) is -0.955. The van der Waals surface area contributed by atoms with Crippen molar-refractivity contribution in [1.29, 1.82) is 0 Å². The molecule has 2 aromatic heterocycles. The highest BCUT2D eigenvalue weighted by atomic mass is 31.2. The van der Waals surface area contributed by atoms with Gasteiger partial charge < -0.3 is 44.5 Å². The number of phosphoric ester groups is 1. The monoisotopic (exact) mass is 529 g/mol. The minimum absolute atomic E-state index is 0.116. The molecule has 0 radical (unpaired) electrons. The Kier molecular flexibility index (Phi) is 7.19. The van der Waals surface area contributed by atoms with Gasteiger partial charge in [0.15, 0.2) is 34.7 Å². The van der Waals surface area contributed by atoms with Gasteiger partial charge in [-0.1, -0.05) is 0 Å². The first-order valence-electron chi connectivity index (χ1n) is 10.3. The largest absolute Gasteiger partial charge is 0.524 e. The molecule has 196 valence electrons. The Hall–Kier alpha value is -3.24. The number of phenols is 1. The zero-order valence-electron chi connectivity index (χ0n) is 18.9. The highest BCUT2D eigenvalue weighted by Gasteiger charge is 2.44. The number of rotatable bonds is 9. The van der Waals surface area contributed by atoms with E-state index in [1.807, 2.05) is 0 Å². The van der Waals surface area contributed by atoms with Crippen LogP contribution in [0.2, 0.25) is 0 Å². The maximum absolute atomic E-state index is 11.4. The van der Waals surface area contributed by atoms with Gasteiger partial charge in [-0.25, -0.2) is 19.5 Å². The first kappa shape index (κ1) is 25.8. The van der Waals surface area contributed by atoms with Crippen LogP contribution in [-0.2, 0) is 15.8 Å². The van der Waals surface area contributed by atoms with Crippen molar-refractivity contribution in [3.05, 3.63) is 24.3 Å². The van der Waals surface area contributed by atoms with Crippen LogP contribution in [-0.4, -0.2) is 88.9 Å². The lowest BCUT2D eigenvalue weighted by Crippen LogP contribution is -2.33. The number of ether oxygens (including phenoxy) is 3. The number of nitrogens with one attached hydrogen (secondary N) is 1. The van der Waals surface area contributed by atoms with E-state index < -0.39 is 39.0 Å². The summed E-state index contributed by atoms with van der Waals surface area (Å²) in [5, 5.41) is 43.3. The number of hydrogen-bond acceptors (Lipinski definition) is 13. The van der Waals surface area contributed by atoms with E-state index in [2.05, 4.69) is 24.8 Å². The highest BCUT2D eigenvalue weighted by Crippen LogP contribution is 2.50. The van der Waals surface area contributed by atoms with Crippen LogP contribution in [0.5, 0.6) is 23.0 Å². The number of methoxy groups -OCH3 is 2. The lowest BCUT2D eigenvalue weighted by Gasteiger charge is -2.18. The van der Waals surface area contributed by atoms with Crippen LogP contribution in [0.1, 0.15) is 11.8 Å². The van der Waals surface area contributed by atoms with Gasteiger partial charge in [-0.3, -0.25) is 14.4 Å². The number of anilines is 1. The lowest BCUT2D eigenvalue weighted by atomic mass is 10.1. The molecule has 1 fully saturated rings. The van der Waals surface area contributed by atoms with E-state index >= 15 is 0 Å². The number of imidazole rings is 1. The van der Waals surface area contributed by atoms with Gasteiger partial charge in [0.1, 0.15) is 24.6 Å². The lowest BCUT2D eigenvalue weighted by molar-refractivity contribution is -0.0511. The third-order valence-corrected chi connectivity index (χ3v) is 5.91. The SMILES string of the molecule is COc1c(OP(=O)(O)O)cc(CNc2ncnc3c2ncn3[C@@H]2O[C@H](CO)[C@@H](O)[C@H]2O)c(O)c1OC. The topological polar surface area (TPSA) is 231 Å². The third kappa shape index (κ3) is 4.75. The van der Waals surface area contributed by atoms with Gasteiger partial charge in [0.2, 0.25) is 11.5 Å². The zero-order chi connectivity index (χ0) is 26.2. The van der Waals surface area contributed by atoms with Crippen LogP contribution in [0.15, 0.2) is 18.7 Å². The summed E-state index contributed by atoms with van der Waals surface area (Å²) in [5.41, 5.74) is 0.608. The second kappa shape index (κ2) is 10.0. The normalized spacial score (nSPS) is 22.1. The Morgan fingerprint density at radius 3 is 2.47 bits per heavy atom. The molecule has 4 rings (SSSR count). The molecule has 1 saturated heterocycles. The molecule has 3 aromatic rings. The van der Waals surface area contributed by atoms with Gasteiger partial charge in [0.05, 0.1) is 27.2 Å². The number of hydrogen-bond donors (Lipinski definition) is 7. The van der Waals surface area contributed by atoms with E-state index in [1.165, 1.54) is 37.5 Å².